The van der Waals surface area contributed by atoms with E-state index in [1.54, 1.807) is 0 Å². The molecule has 1 aliphatic rings. The van der Waals surface area contributed by atoms with E-state index in [-0.39, 0.29) is 30.2 Å². The number of ketones is 1. The van der Waals surface area contributed by atoms with Crippen LogP contribution in [0.3, 0.4) is 0 Å². The number of Topliss-reactive ketones (excluding diaryl/α,β-unsaturated/α-hetero) is 1. The van der Waals surface area contributed by atoms with Crippen LogP contribution in [0.4, 0.5) is 0 Å². The Morgan fingerprint density at radius 2 is 1.44 bits per heavy atom. The average Bonchev–Trinajstić information content (AvgIpc) is 2.30. The third kappa shape index (κ3) is 6.18. The quantitative estimate of drug-likeness (QED) is 0.489. The highest BCUT2D eigenvalue weighted by Gasteiger charge is 2.19. The highest BCUT2D eigenvalue weighted by molar-refractivity contribution is 5.96. The molecule has 0 spiro atoms. The van der Waals surface area contributed by atoms with Gasteiger partial charge in [0.25, 0.3) is 0 Å². The van der Waals surface area contributed by atoms with Crippen molar-refractivity contribution in [1.29, 1.82) is 0 Å². The second kappa shape index (κ2) is 8.28. The minimum Gasteiger partial charge on any atom is -0.462 e. The smallest absolute Gasteiger partial charge is 0.313 e. The summed E-state index contributed by atoms with van der Waals surface area (Å²) in [5.74, 6) is -0.323. The van der Waals surface area contributed by atoms with E-state index in [2.05, 4.69) is 0 Å². The number of rotatable bonds is 0. The summed E-state index contributed by atoms with van der Waals surface area (Å²) in [7, 11) is 0. The van der Waals surface area contributed by atoms with E-state index in [0.717, 1.165) is 25.7 Å². The maximum atomic E-state index is 11.8. The van der Waals surface area contributed by atoms with Gasteiger partial charge in [-0.15, -0.1) is 0 Å². The number of carbonyl (C=O) groups is 2. The fourth-order valence-corrected chi connectivity index (χ4v) is 2.39. The third-order valence-electron chi connectivity index (χ3n) is 3.70. The summed E-state index contributed by atoms with van der Waals surface area (Å²) in [6, 6.07) is 0. The van der Waals surface area contributed by atoms with Crippen LogP contribution in [0.15, 0.2) is 0 Å². The van der Waals surface area contributed by atoms with Crippen LogP contribution in [-0.2, 0) is 14.3 Å². The van der Waals surface area contributed by atoms with Crippen molar-refractivity contribution in [1.82, 2.24) is 0 Å². The van der Waals surface area contributed by atoms with Crippen molar-refractivity contribution in [2.75, 3.05) is 0 Å². The molecule has 2 atom stereocenters. The molecule has 0 aliphatic carbocycles. The Hall–Kier alpha value is -0.860. The largest absolute Gasteiger partial charge is 0.462 e. The summed E-state index contributed by atoms with van der Waals surface area (Å²) >= 11 is 0. The van der Waals surface area contributed by atoms with Gasteiger partial charge in [-0.3, -0.25) is 9.59 Å². The summed E-state index contributed by atoms with van der Waals surface area (Å²) in [6.07, 6.45) is 8.86. The van der Waals surface area contributed by atoms with Crippen LogP contribution < -0.4 is 0 Å². The number of esters is 1. The van der Waals surface area contributed by atoms with Crippen molar-refractivity contribution in [3.8, 4) is 0 Å². The Bertz CT molecular complexity index is 273. The average molecular weight is 254 g/mol. The number of ether oxygens (including phenoxy) is 1. The van der Waals surface area contributed by atoms with Gasteiger partial charge in [0, 0.05) is 5.92 Å². The number of hydrogen-bond acceptors (Lipinski definition) is 3. The molecule has 1 fully saturated rings. The monoisotopic (exact) mass is 254 g/mol. The highest BCUT2D eigenvalue weighted by atomic mass is 16.5. The van der Waals surface area contributed by atoms with Gasteiger partial charge >= 0.3 is 5.97 Å². The fraction of sp³-hybridized carbons (Fsp3) is 0.867. The maximum absolute atomic E-state index is 11.8. The van der Waals surface area contributed by atoms with Crippen molar-refractivity contribution < 1.29 is 14.3 Å². The Balaban J connectivity index is 2.47. The van der Waals surface area contributed by atoms with Crippen LogP contribution in [0.5, 0.6) is 0 Å². The number of cyclic esters (lactones) is 1. The zero-order valence-corrected chi connectivity index (χ0v) is 11.7. The van der Waals surface area contributed by atoms with E-state index in [1.807, 2.05) is 13.8 Å². The van der Waals surface area contributed by atoms with Crippen molar-refractivity contribution in [3.63, 3.8) is 0 Å². The standard InChI is InChI=1S/C15H26O3/c1-12-9-7-5-3-4-6-8-10-13(2)18-15(17)11-14(12)16/h12-13H,3-11H2,1-2H3. The van der Waals surface area contributed by atoms with Gasteiger partial charge in [0.05, 0.1) is 6.10 Å². The van der Waals surface area contributed by atoms with Crippen LogP contribution in [-0.4, -0.2) is 17.9 Å². The molecule has 1 heterocycles. The molecule has 1 rings (SSSR count). The summed E-state index contributed by atoms with van der Waals surface area (Å²) in [5, 5.41) is 0. The number of carbonyl (C=O) groups excluding carboxylic acids is 2. The molecule has 0 N–H and O–H groups in total. The predicted octanol–water partition coefficient (Wildman–Crippen LogP) is 3.65. The van der Waals surface area contributed by atoms with Gasteiger partial charge in [0.1, 0.15) is 12.2 Å². The van der Waals surface area contributed by atoms with Gasteiger partial charge in [0.15, 0.2) is 0 Å². The van der Waals surface area contributed by atoms with Gasteiger partial charge in [-0.2, -0.15) is 0 Å². The minimum atomic E-state index is -0.351. The van der Waals surface area contributed by atoms with E-state index in [0.29, 0.717) is 0 Å². The molecular formula is C15H26O3. The summed E-state index contributed by atoms with van der Waals surface area (Å²) in [4.78, 5) is 23.4. The molecule has 2 unspecified atom stereocenters. The summed E-state index contributed by atoms with van der Waals surface area (Å²) < 4.78 is 5.25. The van der Waals surface area contributed by atoms with Crippen molar-refractivity contribution in [2.24, 2.45) is 5.92 Å². The first-order valence-electron chi connectivity index (χ1n) is 7.32. The molecule has 0 bridgehead atoms. The lowest BCUT2D eigenvalue weighted by Crippen LogP contribution is -2.21. The molecule has 3 nitrogen and oxygen atoms in total. The highest BCUT2D eigenvalue weighted by Crippen LogP contribution is 2.17. The van der Waals surface area contributed by atoms with E-state index in [1.165, 1.54) is 25.7 Å². The molecule has 0 amide bonds. The predicted molar refractivity (Wildman–Crippen MR) is 71.3 cm³/mol. The SMILES string of the molecule is CC1CCCCCCCCC(C)C(=O)CC(=O)O1. The fourth-order valence-electron chi connectivity index (χ4n) is 2.39. The minimum absolute atomic E-state index is 0.00389. The van der Waals surface area contributed by atoms with Crippen molar-refractivity contribution in [3.05, 3.63) is 0 Å². The lowest BCUT2D eigenvalue weighted by Gasteiger charge is -2.15. The second-order valence-corrected chi connectivity index (χ2v) is 5.54. The molecule has 18 heavy (non-hydrogen) atoms. The van der Waals surface area contributed by atoms with Crippen LogP contribution in [0, 0.1) is 5.92 Å². The second-order valence-electron chi connectivity index (χ2n) is 5.54. The Morgan fingerprint density at radius 3 is 2.11 bits per heavy atom. The Labute approximate surface area is 110 Å². The van der Waals surface area contributed by atoms with E-state index < -0.39 is 0 Å². The molecule has 0 aromatic heterocycles. The Morgan fingerprint density at radius 1 is 0.889 bits per heavy atom. The van der Waals surface area contributed by atoms with Gasteiger partial charge in [0.2, 0.25) is 0 Å². The molecule has 0 aromatic carbocycles. The van der Waals surface area contributed by atoms with Crippen molar-refractivity contribution >= 4 is 11.8 Å². The lowest BCUT2D eigenvalue weighted by molar-refractivity contribution is -0.151. The van der Waals surface area contributed by atoms with E-state index in [9.17, 15) is 9.59 Å². The molecule has 1 aliphatic heterocycles. The van der Waals surface area contributed by atoms with Gasteiger partial charge in [-0.05, 0) is 26.2 Å². The van der Waals surface area contributed by atoms with Crippen LogP contribution in [0.25, 0.3) is 0 Å². The topological polar surface area (TPSA) is 43.4 Å². The van der Waals surface area contributed by atoms with Gasteiger partial charge < -0.3 is 4.74 Å². The molecule has 104 valence electrons. The van der Waals surface area contributed by atoms with Gasteiger partial charge in [-0.1, -0.05) is 39.0 Å². The molecule has 1 saturated heterocycles. The summed E-state index contributed by atoms with van der Waals surface area (Å²) in [5.41, 5.74) is 0. The van der Waals surface area contributed by atoms with Crippen LogP contribution >= 0.6 is 0 Å². The molecule has 0 saturated carbocycles. The molecule has 0 radical (unpaired) electrons. The zero-order chi connectivity index (χ0) is 13.4. The summed E-state index contributed by atoms with van der Waals surface area (Å²) in [6.45, 7) is 3.84. The van der Waals surface area contributed by atoms with Crippen LogP contribution in [0.1, 0.15) is 71.6 Å². The first-order valence-corrected chi connectivity index (χ1v) is 7.32. The number of hydrogen-bond donors (Lipinski definition) is 0. The maximum Gasteiger partial charge on any atom is 0.313 e. The first-order chi connectivity index (χ1) is 8.59. The van der Waals surface area contributed by atoms with E-state index >= 15 is 0 Å². The molecule has 0 aromatic rings. The molecule has 3 heteroatoms. The normalized spacial score (nSPS) is 29.4. The lowest BCUT2D eigenvalue weighted by atomic mass is 9.96. The molecular weight excluding hydrogens is 228 g/mol. The Kier molecular flexibility index (Phi) is 6.99. The first kappa shape index (κ1) is 15.2. The zero-order valence-electron chi connectivity index (χ0n) is 11.7. The van der Waals surface area contributed by atoms with Crippen LogP contribution in [0.2, 0.25) is 0 Å². The van der Waals surface area contributed by atoms with E-state index in [4.69, 9.17) is 4.74 Å². The third-order valence-corrected chi connectivity index (χ3v) is 3.70. The van der Waals surface area contributed by atoms with Crippen molar-refractivity contribution in [2.45, 2.75) is 77.7 Å². The van der Waals surface area contributed by atoms with Gasteiger partial charge in [-0.25, -0.2) is 0 Å².